The molecule has 2 aromatic heterocycles. The molecule has 17 heteroatoms. The zero-order valence-electron chi connectivity index (χ0n) is 25.4. The Labute approximate surface area is 267 Å². The molecule has 4 N–H and O–H groups in total. The third-order valence-corrected chi connectivity index (χ3v) is 7.46. The molecule has 3 amide bonds. The van der Waals surface area contributed by atoms with E-state index in [2.05, 4.69) is 35.9 Å². The van der Waals surface area contributed by atoms with Gasteiger partial charge in [-0.25, -0.2) is 9.97 Å². The van der Waals surface area contributed by atoms with E-state index in [0.717, 1.165) is 18.2 Å². The lowest BCUT2D eigenvalue weighted by Gasteiger charge is -2.38. The summed E-state index contributed by atoms with van der Waals surface area (Å²) >= 11 is 5.99. The van der Waals surface area contributed by atoms with Gasteiger partial charge in [-0.15, -0.1) is 0 Å². The van der Waals surface area contributed by atoms with E-state index in [0.29, 0.717) is 61.7 Å². The number of hydrogen-bond acceptors (Lipinski definition) is 8. The Bertz CT molecular complexity index is 1630. The summed E-state index contributed by atoms with van der Waals surface area (Å²) < 4.78 is 39.0. The summed E-state index contributed by atoms with van der Waals surface area (Å²) in [6, 6.07) is 4.31. The van der Waals surface area contributed by atoms with Gasteiger partial charge in [0.2, 0.25) is 5.91 Å². The van der Waals surface area contributed by atoms with Gasteiger partial charge in [0.25, 0.3) is 11.8 Å². The van der Waals surface area contributed by atoms with E-state index in [1.165, 1.54) is 30.8 Å². The number of allylic oxidation sites excluding steroid dienone is 1. The van der Waals surface area contributed by atoms with Crippen molar-refractivity contribution in [2.45, 2.75) is 19.5 Å². The van der Waals surface area contributed by atoms with Crippen LogP contribution in [-0.2, 0) is 15.8 Å². The third kappa shape index (κ3) is 8.11. The first kappa shape index (κ1) is 34.2. The average Bonchev–Trinajstić information content (AvgIpc) is 3.52. The van der Waals surface area contributed by atoms with Crippen LogP contribution >= 0.6 is 11.6 Å². The molecule has 0 unspecified atom stereocenters. The van der Waals surface area contributed by atoms with Gasteiger partial charge in [-0.3, -0.25) is 19.4 Å². The van der Waals surface area contributed by atoms with Crippen LogP contribution in [0.5, 0.6) is 0 Å². The number of benzene rings is 1. The van der Waals surface area contributed by atoms with Gasteiger partial charge in [0.1, 0.15) is 11.2 Å². The lowest BCUT2D eigenvalue weighted by molar-refractivity contribution is -0.137. The van der Waals surface area contributed by atoms with E-state index in [9.17, 15) is 27.6 Å². The van der Waals surface area contributed by atoms with Crippen LogP contribution in [0.4, 0.5) is 18.9 Å². The zero-order chi connectivity index (χ0) is 33.4. The van der Waals surface area contributed by atoms with Gasteiger partial charge in [-0.05, 0) is 37.7 Å². The minimum absolute atomic E-state index is 0.0197. The van der Waals surface area contributed by atoms with E-state index in [1.807, 2.05) is 11.8 Å². The Hall–Kier alpha value is -4.70. The van der Waals surface area contributed by atoms with Gasteiger partial charge in [0, 0.05) is 45.1 Å². The number of nitrogens with zero attached hydrogens (tertiary/aromatic N) is 6. The first-order valence-electron chi connectivity index (χ1n) is 14.3. The Balaban J connectivity index is 1.50. The summed E-state index contributed by atoms with van der Waals surface area (Å²) in [5.74, 6) is -1.42. The number of carbonyl (C=O) groups excluding carboxylic acids is 3. The quantitative estimate of drug-likeness (QED) is 0.139. The number of imidazole rings is 1. The van der Waals surface area contributed by atoms with Crippen molar-refractivity contribution < 1.29 is 27.6 Å². The van der Waals surface area contributed by atoms with Crippen molar-refractivity contribution in [2.24, 2.45) is 4.99 Å². The van der Waals surface area contributed by atoms with E-state index >= 15 is 0 Å². The molecular formula is C29H34ClF3N10O3. The molecule has 1 fully saturated rings. The highest BCUT2D eigenvalue weighted by atomic mass is 35.5. The van der Waals surface area contributed by atoms with Gasteiger partial charge >= 0.3 is 6.18 Å². The summed E-state index contributed by atoms with van der Waals surface area (Å²) in [7, 11) is 3.18. The van der Waals surface area contributed by atoms with Gasteiger partial charge in [-0.2, -0.15) is 13.2 Å². The molecule has 46 heavy (non-hydrogen) atoms. The average molecular weight is 663 g/mol. The molecule has 4 rings (SSSR count). The number of carbonyl (C=O) groups is 3. The number of halogens is 4. The van der Waals surface area contributed by atoms with Crippen molar-refractivity contribution in [3.63, 3.8) is 0 Å². The predicted molar refractivity (Wildman–Crippen MR) is 167 cm³/mol. The van der Waals surface area contributed by atoms with Crippen LogP contribution < -0.4 is 16.0 Å². The van der Waals surface area contributed by atoms with Gasteiger partial charge < -0.3 is 35.6 Å². The molecule has 0 radical (unpaired) electrons. The van der Waals surface area contributed by atoms with Crippen LogP contribution in [0.15, 0.2) is 53.2 Å². The molecule has 1 aliphatic heterocycles. The number of hydrogen-bond donors (Lipinski definition) is 4. The van der Waals surface area contributed by atoms with Crippen molar-refractivity contribution in [1.82, 2.24) is 40.3 Å². The van der Waals surface area contributed by atoms with Crippen LogP contribution in [0.2, 0.25) is 5.02 Å². The molecule has 1 aliphatic rings. The summed E-state index contributed by atoms with van der Waals surface area (Å²) in [6.07, 6.45) is 0.331. The number of piperazine rings is 1. The van der Waals surface area contributed by atoms with Gasteiger partial charge in [0.05, 0.1) is 47.7 Å². The molecule has 1 aromatic carbocycles. The third-order valence-electron chi connectivity index (χ3n) is 7.14. The minimum atomic E-state index is -4.59. The number of rotatable bonds is 11. The van der Waals surface area contributed by atoms with Crippen molar-refractivity contribution in [2.75, 3.05) is 58.8 Å². The number of H-pyrrole nitrogens is 1. The van der Waals surface area contributed by atoms with Gasteiger partial charge in [-0.1, -0.05) is 18.5 Å². The molecule has 0 spiro atoms. The highest BCUT2D eigenvalue weighted by Gasteiger charge is 2.32. The monoisotopic (exact) mass is 662 g/mol. The molecular weight excluding hydrogens is 629 g/mol. The second-order valence-electron chi connectivity index (χ2n) is 10.3. The normalized spacial score (nSPS) is 14.4. The largest absolute Gasteiger partial charge is 0.416 e. The summed E-state index contributed by atoms with van der Waals surface area (Å²) in [4.78, 5) is 60.4. The number of aromatic amines is 1. The second-order valence-corrected chi connectivity index (χ2v) is 10.7. The Morgan fingerprint density at radius 2 is 1.85 bits per heavy atom. The van der Waals surface area contributed by atoms with Crippen molar-refractivity contribution >= 4 is 52.4 Å². The number of nitrogens with one attached hydrogen (secondary N) is 4. The number of likely N-dealkylation sites (N-methyl/N-ethyl adjacent to an activating group) is 1. The van der Waals surface area contributed by atoms with Crippen LogP contribution in [0.3, 0.4) is 0 Å². The van der Waals surface area contributed by atoms with E-state index in [4.69, 9.17) is 11.6 Å². The highest BCUT2D eigenvalue weighted by Crippen LogP contribution is 2.33. The zero-order valence-corrected chi connectivity index (χ0v) is 26.2. The standard InChI is InChI=1S/C29H34ClF3N10O3/c1-4-20(37-16-35-15-34-2)26(28(46)41(3)14-23(44)40-21-6-5-18(13-19(21)30)29(31,32)33)42-9-11-43(12-10-42)27(45)25-24-22(7-8-36-25)38-17-39-24/h5-8,13,16-17,34H,4,9-12,14-15H2,1-3H3,(H,35,37)(H,38,39)(H,40,44)/b26-20+. The number of amides is 3. The number of pyridine rings is 1. The number of aliphatic imine (C=N–C) groups is 1. The molecule has 0 atom stereocenters. The van der Waals surface area contributed by atoms with Crippen molar-refractivity contribution in [3.05, 3.63) is 64.5 Å². The summed E-state index contributed by atoms with van der Waals surface area (Å²) in [6.45, 7) is 2.99. The van der Waals surface area contributed by atoms with E-state index < -0.39 is 30.1 Å². The van der Waals surface area contributed by atoms with Crippen molar-refractivity contribution in [3.8, 4) is 0 Å². The fourth-order valence-corrected chi connectivity index (χ4v) is 5.04. The first-order valence-corrected chi connectivity index (χ1v) is 14.7. The molecule has 3 aromatic rings. The maximum Gasteiger partial charge on any atom is 0.416 e. The number of alkyl halides is 3. The minimum Gasteiger partial charge on any atom is -0.362 e. The topological polar surface area (TPSA) is 151 Å². The fraction of sp³-hybridized carbons (Fsp3) is 0.379. The van der Waals surface area contributed by atoms with Crippen LogP contribution in [0.1, 0.15) is 29.4 Å². The lowest BCUT2D eigenvalue weighted by Crippen LogP contribution is -2.51. The maximum atomic E-state index is 13.9. The maximum absolute atomic E-state index is 13.9. The van der Waals surface area contributed by atoms with Crippen LogP contribution in [0, 0.1) is 0 Å². The molecule has 246 valence electrons. The van der Waals surface area contributed by atoms with E-state index in [1.54, 1.807) is 18.0 Å². The molecule has 13 nitrogen and oxygen atoms in total. The molecule has 3 heterocycles. The Kier molecular flexibility index (Phi) is 11.2. The van der Waals surface area contributed by atoms with Gasteiger partial charge in [0.15, 0.2) is 5.69 Å². The molecule has 0 bridgehead atoms. The number of fused-ring (bicyclic) bond motifs is 1. The summed E-state index contributed by atoms with van der Waals surface area (Å²) in [5, 5.41) is 8.14. The molecule has 1 saturated heterocycles. The van der Waals surface area contributed by atoms with E-state index in [-0.39, 0.29) is 22.3 Å². The van der Waals surface area contributed by atoms with Crippen LogP contribution in [0.25, 0.3) is 11.0 Å². The predicted octanol–water partition coefficient (Wildman–Crippen LogP) is 2.90. The van der Waals surface area contributed by atoms with Crippen molar-refractivity contribution in [1.29, 1.82) is 0 Å². The summed E-state index contributed by atoms with van der Waals surface area (Å²) in [5.41, 5.74) is 1.27. The number of aromatic nitrogens is 3. The smallest absolute Gasteiger partial charge is 0.362 e. The fourth-order valence-electron chi connectivity index (χ4n) is 4.81. The number of anilines is 1. The highest BCUT2D eigenvalue weighted by molar-refractivity contribution is 6.33. The van der Waals surface area contributed by atoms with Crippen LogP contribution in [-0.4, -0.2) is 107 Å². The second kappa shape index (κ2) is 15.1. The SMILES string of the molecule is CC/C(N/C=N/CNC)=C(/C(=O)N(C)CC(=O)Nc1ccc(C(F)(F)F)cc1Cl)N1CCN(C(=O)c2nccc3[nH]cnc23)CC1. The lowest BCUT2D eigenvalue weighted by atomic mass is 10.1. The molecule has 0 saturated carbocycles. The first-order chi connectivity index (χ1) is 21.9. The Morgan fingerprint density at radius 1 is 1.13 bits per heavy atom. The molecule has 0 aliphatic carbocycles. The Morgan fingerprint density at radius 3 is 2.50 bits per heavy atom.